The summed E-state index contributed by atoms with van der Waals surface area (Å²) in [5, 5.41) is 1.94. The second-order valence-electron chi connectivity index (χ2n) is 5.95. The van der Waals surface area contributed by atoms with Crippen molar-refractivity contribution in [3.05, 3.63) is 46.9 Å². The van der Waals surface area contributed by atoms with Crippen molar-refractivity contribution in [2.24, 2.45) is 0 Å². The Morgan fingerprint density at radius 3 is 1.94 bits per heavy atom. The van der Waals surface area contributed by atoms with Crippen LogP contribution in [0.5, 0.6) is 28.7 Å². The second-order valence-corrected chi connectivity index (χ2v) is 8.65. The third-order valence-electron chi connectivity index (χ3n) is 4.22. The Bertz CT molecular complexity index is 914. The van der Waals surface area contributed by atoms with E-state index in [-0.39, 0.29) is 5.75 Å². The molecule has 0 aliphatic carbocycles. The van der Waals surface area contributed by atoms with Crippen LogP contribution in [0.1, 0.15) is 11.1 Å². The summed E-state index contributed by atoms with van der Waals surface area (Å²) in [7, 11) is 5.08. The molecule has 31 heavy (non-hydrogen) atoms. The number of hydrogen-bond donors (Lipinski definition) is 0. The van der Waals surface area contributed by atoms with E-state index >= 15 is 0 Å². The Labute approximate surface area is 187 Å². The molecule has 0 aliphatic heterocycles. The molecule has 0 radical (unpaired) electrons. The highest BCUT2D eigenvalue weighted by molar-refractivity contribution is 8.01. The van der Waals surface area contributed by atoms with E-state index < -0.39 is 7.82 Å². The first-order valence-corrected chi connectivity index (χ1v) is 11.6. The zero-order valence-corrected chi connectivity index (χ0v) is 20.1. The third kappa shape index (κ3) is 6.58. The van der Waals surface area contributed by atoms with Crippen LogP contribution in [0, 0.1) is 0 Å². The summed E-state index contributed by atoms with van der Waals surface area (Å²) in [6.07, 6.45) is 1.91. The first-order chi connectivity index (χ1) is 14.9. The lowest BCUT2D eigenvalue weighted by Crippen LogP contribution is -1.99. The van der Waals surface area contributed by atoms with E-state index in [4.69, 9.17) is 32.5 Å². The van der Waals surface area contributed by atoms with Crippen LogP contribution in [-0.4, -0.2) is 42.7 Å². The molecule has 2 rings (SSSR count). The van der Waals surface area contributed by atoms with Crippen LogP contribution in [0.4, 0.5) is 0 Å². The van der Waals surface area contributed by atoms with Gasteiger partial charge in [0.05, 0.1) is 34.0 Å². The lowest BCUT2D eigenvalue weighted by molar-refractivity contribution is 0.208. The standard InChI is InChI=1S/C21H27O8PS/c1-23-16-12-19(25-3)17(20(13-16)26-4)9-10-31-14-15-7-8-18(24-2)21(11-15)29-30(22,27-5)28-6/h7-13H,14H2,1-6H3/b10-9-. The highest BCUT2D eigenvalue weighted by Gasteiger charge is 2.26. The van der Waals surface area contributed by atoms with Gasteiger partial charge in [0, 0.05) is 32.1 Å². The lowest BCUT2D eigenvalue weighted by Gasteiger charge is -2.17. The Balaban J connectivity index is 2.16. The average Bonchev–Trinajstić information content (AvgIpc) is 2.81. The van der Waals surface area contributed by atoms with Gasteiger partial charge in [-0.1, -0.05) is 6.07 Å². The summed E-state index contributed by atoms with van der Waals surface area (Å²) >= 11 is 1.55. The predicted molar refractivity (Wildman–Crippen MR) is 122 cm³/mol. The molecule has 0 aliphatic rings. The van der Waals surface area contributed by atoms with Crippen LogP contribution < -0.4 is 23.5 Å². The number of benzene rings is 2. The zero-order valence-electron chi connectivity index (χ0n) is 18.4. The lowest BCUT2D eigenvalue weighted by atomic mass is 10.1. The average molecular weight is 470 g/mol. The second kappa shape index (κ2) is 11.9. The van der Waals surface area contributed by atoms with Crippen molar-refractivity contribution in [3.8, 4) is 28.7 Å². The van der Waals surface area contributed by atoms with Crippen molar-refractivity contribution in [1.82, 2.24) is 0 Å². The molecule has 0 saturated heterocycles. The van der Waals surface area contributed by atoms with Gasteiger partial charge in [-0.05, 0) is 29.2 Å². The summed E-state index contributed by atoms with van der Waals surface area (Å²) in [5.41, 5.74) is 1.73. The first-order valence-electron chi connectivity index (χ1n) is 9.09. The minimum atomic E-state index is -3.70. The van der Waals surface area contributed by atoms with Gasteiger partial charge in [-0.15, -0.1) is 11.8 Å². The van der Waals surface area contributed by atoms with Gasteiger partial charge >= 0.3 is 7.82 Å². The maximum atomic E-state index is 12.3. The summed E-state index contributed by atoms with van der Waals surface area (Å²) in [6.45, 7) is 0. The largest absolute Gasteiger partial charge is 0.529 e. The molecule has 2 aromatic carbocycles. The maximum Gasteiger partial charge on any atom is 0.529 e. The maximum absolute atomic E-state index is 12.3. The fourth-order valence-corrected chi connectivity index (χ4v) is 3.99. The number of methoxy groups -OCH3 is 4. The third-order valence-corrected chi connectivity index (χ3v) is 6.36. The Morgan fingerprint density at radius 2 is 1.42 bits per heavy atom. The molecule has 0 heterocycles. The normalized spacial score (nSPS) is 11.4. The van der Waals surface area contributed by atoms with Gasteiger partial charge < -0.3 is 23.5 Å². The van der Waals surface area contributed by atoms with Crippen LogP contribution in [-0.2, 0) is 19.4 Å². The summed E-state index contributed by atoms with van der Waals surface area (Å²) in [5.74, 6) is 3.25. The van der Waals surface area contributed by atoms with Gasteiger partial charge in [-0.3, -0.25) is 9.05 Å². The molecule has 0 amide bonds. The van der Waals surface area contributed by atoms with Gasteiger partial charge in [0.25, 0.3) is 0 Å². The molecule has 8 nitrogen and oxygen atoms in total. The highest BCUT2D eigenvalue weighted by Crippen LogP contribution is 2.50. The molecule has 170 valence electrons. The molecular weight excluding hydrogens is 443 g/mol. The Morgan fingerprint density at radius 1 is 0.806 bits per heavy atom. The minimum absolute atomic E-state index is 0.273. The molecule has 0 atom stereocenters. The topological polar surface area (TPSA) is 81.7 Å². The van der Waals surface area contributed by atoms with Gasteiger partial charge in [0.15, 0.2) is 11.5 Å². The van der Waals surface area contributed by atoms with Gasteiger partial charge in [0.1, 0.15) is 17.2 Å². The first kappa shape index (κ1) is 24.9. The molecule has 0 fully saturated rings. The molecule has 10 heteroatoms. The molecule has 0 spiro atoms. The SMILES string of the molecule is COc1cc(OC)c(/C=C\SCc2ccc(OC)c(OP(=O)(OC)OC)c2)c(OC)c1. The molecule has 0 bridgehead atoms. The number of phosphoric ester groups is 1. The van der Waals surface area contributed by atoms with E-state index in [1.165, 1.54) is 21.3 Å². The summed E-state index contributed by atoms with van der Waals surface area (Å²) in [6, 6.07) is 8.96. The highest BCUT2D eigenvalue weighted by atomic mass is 32.2. The van der Waals surface area contributed by atoms with Gasteiger partial charge in [-0.2, -0.15) is 0 Å². The van der Waals surface area contributed by atoms with E-state index in [0.717, 1.165) is 11.1 Å². The molecular formula is C21H27O8PS. The van der Waals surface area contributed by atoms with Crippen LogP contribution in [0.15, 0.2) is 35.7 Å². The minimum Gasteiger partial charge on any atom is -0.496 e. The quantitative estimate of drug-likeness (QED) is 0.379. The van der Waals surface area contributed by atoms with Crippen LogP contribution in [0.2, 0.25) is 0 Å². The van der Waals surface area contributed by atoms with Crippen LogP contribution >= 0.6 is 19.6 Å². The Kier molecular flexibility index (Phi) is 9.58. The van der Waals surface area contributed by atoms with Crippen LogP contribution in [0.25, 0.3) is 6.08 Å². The van der Waals surface area contributed by atoms with Gasteiger partial charge in [-0.25, -0.2) is 4.57 Å². The zero-order chi connectivity index (χ0) is 22.9. The monoisotopic (exact) mass is 470 g/mol. The van der Waals surface area contributed by atoms with Gasteiger partial charge in [0.2, 0.25) is 0 Å². The fourth-order valence-electron chi connectivity index (χ4n) is 2.61. The van der Waals surface area contributed by atoms with Crippen molar-refractivity contribution >= 4 is 25.7 Å². The van der Waals surface area contributed by atoms with E-state index in [2.05, 4.69) is 0 Å². The Hall–Kier alpha value is -2.32. The van der Waals surface area contributed by atoms with Crippen molar-refractivity contribution in [2.75, 3.05) is 42.7 Å². The van der Waals surface area contributed by atoms with Crippen molar-refractivity contribution in [2.45, 2.75) is 5.75 Å². The molecule has 0 N–H and O–H groups in total. The number of ether oxygens (including phenoxy) is 4. The molecule has 2 aromatic rings. The van der Waals surface area contributed by atoms with E-state index in [0.29, 0.717) is 28.8 Å². The number of hydrogen-bond acceptors (Lipinski definition) is 9. The molecule has 0 unspecified atom stereocenters. The van der Waals surface area contributed by atoms with Crippen molar-refractivity contribution in [1.29, 1.82) is 0 Å². The summed E-state index contributed by atoms with van der Waals surface area (Å²) in [4.78, 5) is 0. The number of phosphoric acid groups is 1. The molecule has 0 saturated carbocycles. The molecule has 0 aromatic heterocycles. The summed E-state index contributed by atoms with van der Waals surface area (Å²) < 4.78 is 48.9. The smallest absolute Gasteiger partial charge is 0.496 e. The number of thioether (sulfide) groups is 1. The predicted octanol–water partition coefficient (Wildman–Crippen LogP) is 5.40. The van der Waals surface area contributed by atoms with E-state index in [1.807, 2.05) is 17.6 Å². The van der Waals surface area contributed by atoms with Crippen molar-refractivity contribution < 1.29 is 37.1 Å². The fraction of sp³-hybridized carbons (Fsp3) is 0.333. The van der Waals surface area contributed by atoms with E-state index in [1.54, 1.807) is 57.4 Å². The van der Waals surface area contributed by atoms with Crippen LogP contribution in [0.3, 0.4) is 0 Å². The van der Waals surface area contributed by atoms with E-state index in [9.17, 15) is 4.57 Å². The van der Waals surface area contributed by atoms with Crippen molar-refractivity contribution in [3.63, 3.8) is 0 Å². The number of rotatable bonds is 12.